The molecule has 2 rings (SSSR count). The lowest BCUT2D eigenvalue weighted by Crippen LogP contribution is -2.30. The molecule has 0 radical (unpaired) electrons. The van der Waals surface area contributed by atoms with Crippen LogP contribution < -0.4 is 0 Å². The second-order valence-corrected chi connectivity index (χ2v) is 10.3. The summed E-state index contributed by atoms with van der Waals surface area (Å²) >= 11 is 0. The minimum atomic E-state index is -3.15. The molecule has 140 valence electrons. The lowest BCUT2D eigenvalue weighted by atomic mass is 9.79. The molecular formula is C22H34O2S. The molecule has 3 heteroatoms. The molecule has 1 aromatic rings. The maximum Gasteiger partial charge on any atom is 0.178 e. The van der Waals surface area contributed by atoms with Crippen molar-refractivity contribution in [2.45, 2.75) is 89.4 Å². The Balaban J connectivity index is 2.29. The number of benzene rings is 1. The fraction of sp³-hybridized carbons (Fsp3) is 0.636. The van der Waals surface area contributed by atoms with Gasteiger partial charge in [0.1, 0.15) is 0 Å². The second kappa shape index (κ2) is 8.07. The summed E-state index contributed by atoms with van der Waals surface area (Å²) in [7, 11) is -3.15. The largest absolute Gasteiger partial charge is 0.224 e. The molecule has 2 nitrogen and oxygen atoms in total. The first kappa shape index (κ1) is 20.2. The lowest BCUT2D eigenvalue weighted by Gasteiger charge is -2.33. The number of fused-ring (bicyclic) bond motifs is 1. The summed E-state index contributed by atoms with van der Waals surface area (Å²) in [5.74, 6) is 0.260. The Morgan fingerprint density at radius 1 is 1.12 bits per heavy atom. The van der Waals surface area contributed by atoms with Gasteiger partial charge in [-0.15, -0.1) is 0 Å². The Labute approximate surface area is 154 Å². The number of unbranched alkanes of at least 4 members (excludes halogenated alkanes) is 5. The Kier molecular flexibility index (Phi) is 6.53. The zero-order valence-corrected chi connectivity index (χ0v) is 17.3. The number of rotatable bonds is 8. The molecule has 0 bridgehead atoms. The van der Waals surface area contributed by atoms with Crippen molar-refractivity contribution in [3.63, 3.8) is 0 Å². The Morgan fingerprint density at radius 3 is 2.40 bits per heavy atom. The van der Waals surface area contributed by atoms with E-state index in [0.717, 1.165) is 35.1 Å². The van der Waals surface area contributed by atoms with Gasteiger partial charge in [0.25, 0.3) is 0 Å². The van der Waals surface area contributed by atoms with Gasteiger partial charge in [-0.25, -0.2) is 8.42 Å². The molecule has 0 amide bonds. The molecule has 0 saturated heterocycles. The number of sulfone groups is 1. The zero-order valence-electron chi connectivity index (χ0n) is 16.5. The predicted octanol–water partition coefficient (Wildman–Crippen LogP) is 6.08. The normalized spacial score (nSPS) is 17.9. The molecule has 1 aliphatic heterocycles. The van der Waals surface area contributed by atoms with Crippen molar-refractivity contribution >= 4 is 15.4 Å². The average molecular weight is 363 g/mol. The van der Waals surface area contributed by atoms with Crippen LogP contribution in [0.5, 0.6) is 0 Å². The molecule has 0 aromatic heterocycles. The standard InChI is InChI=1S/C22H34O2S/c1-6-7-8-9-10-11-12-18-15-21-20(16-19(18)17(2)3)22(4,5)13-14-25(21,23)24/h15-16H,2,6-14H2,1,3-5H3. The van der Waals surface area contributed by atoms with Gasteiger partial charge < -0.3 is 0 Å². The molecular weight excluding hydrogens is 328 g/mol. The molecule has 0 N–H and O–H groups in total. The molecule has 1 aromatic carbocycles. The summed E-state index contributed by atoms with van der Waals surface area (Å²) in [5, 5.41) is 0. The van der Waals surface area contributed by atoms with Crippen LogP contribution in [0.25, 0.3) is 5.57 Å². The maximum absolute atomic E-state index is 12.6. The first-order chi connectivity index (χ1) is 11.7. The van der Waals surface area contributed by atoms with E-state index in [0.29, 0.717) is 11.3 Å². The van der Waals surface area contributed by atoms with Crippen LogP contribution >= 0.6 is 0 Å². The van der Waals surface area contributed by atoms with Gasteiger partial charge in [0.2, 0.25) is 0 Å². The summed E-state index contributed by atoms with van der Waals surface area (Å²) < 4.78 is 25.2. The highest BCUT2D eigenvalue weighted by Gasteiger charge is 2.36. The molecule has 1 heterocycles. The van der Waals surface area contributed by atoms with Crippen molar-refractivity contribution in [3.8, 4) is 0 Å². The van der Waals surface area contributed by atoms with Crippen LogP contribution in [-0.2, 0) is 21.7 Å². The van der Waals surface area contributed by atoms with Gasteiger partial charge in [0.05, 0.1) is 10.6 Å². The Bertz CT molecular complexity index is 727. The van der Waals surface area contributed by atoms with Crippen molar-refractivity contribution in [1.82, 2.24) is 0 Å². The van der Waals surface area contributed by atoms with Gasteiger partial charge in [-0.05, 0) is 60.4 Å². The van der Waals surface area contributed by atoms with E-state index in [1.807, 2.05) is 13.0 Å². The van der Waals surface area contributed by atoms with E-state index >= 15 is 0 Å². The fourth-order valence-electron chi connectivity index (χ4n) is 3.74. The van der Waals surface area contributed by atoms with E-state index in [1.54, 1.807) is 0 Å². The van der Waals surface area contributed by atoms with Crippen molar-refractivity contribution in [3.05, 3.63) is 35.4 Å². The van der Waals surface area contributed by atoms with Crippen LogP contribution in [0, 0.1) is 0 Å². The monoisotopic (exact) mass is 362 g/mol. The maximum atomic E-state index is 12.6. The Morgan fingerprint density at radius 2 is 1.76 bits per heavy atom. The van der Waals surface area contributed by atoms with Crippen LogP contribution in [0.15, 0.2) is 23.6 Å². The van der Waals surface area contributed by atoms with Crippen LogP contribution in [0.4, 0.5) is 0 Å². The average Bonchev–Trinajstić information content (AvgIpc) is 2.54. The van der Waals surface area contributed by atoms with E-state index in [4.69, 9.17) is 0 Å². The van der Waals surface area contributed by atoms with Crippen molar-refractivity contribution in [2.24, 2.45) is 0 Å². The highest BCUT2D eigenvalue weighted by molar-refractivity contribution is 7.91. The number of aryl methyl sites for hydroxylation is 1. The molecule has 0 fully saturated rings. The third kappa shape index (κ3) is 4.75. The van der Waals surface area contributed by atoms with Crippen LogP contribution in [0.1, 0.15) is 89.3 Å². The molecule has 0 saturated carbocycles. The summed E-state index contributed by atoms with van der Waals surface area (Å²) in [4.78, 5) is 0.565. The minimum absolute atomic E-state index is 0.0937. The SMILES string of the molecule is C=C(C)c1cc2c(cc1CCCCCCCC)S(=O)(=O)CCC2(C)C. The summed E-state index contributed by atoms with van der Waals surface area (Å²) in [6, 6.07) is 4.07. The fourth-order valence-corrected chi connectivity index (χ4v) is 5.73. The molecule has 25 heavy (non-hydrogen) atoms. The third-order valence-electron chi connectivity index (χ3n) is 5.52. The predicted molar refractivity (Wildman–Crippen MR) is 108 cm³/mol. The smallest absolute Gasteiger partial charge is 0.178 e. The summed E-state index contributed by atoms with van der Waals surface area (Å²) in [5.41, 5.74) is 4.22. The minimum Gasteiger partial charge on any atom is -0.224 e. The van der Waals surface area contributed by atoms with E-state index in [2.05, 4.69) is 33.4 Å². The van der Waals surface area contributed by atoms with Crippen molar-refractivity contribution in [1.29, 1.82) is 0 Å². The van der Waals surface area contributed by atoms with Crippen LogP contribution in [-0.4, -0.2) is 14.2 Å². The molecule has 0 atom stereocenters. The van der Waals surface area contributed by atoms with Gasteiger partial charge >= 0.3 is 0 Å². The quantitative estimate of drug-likeness (QED) is 0.525. The van der Waals surface area contributed by atoms with Crippen molar-refractivity contribution < 1.29 is 8.42 Å². The second-order valence-electron chi connectivity index (χ2n) is 8.26. The molecule has 0 spiro atoms. The van der Waals surface area contributed by atoms with Gasteiger partial charge in [0, 0.05) is 0 Å². The van der Waals surface area contributed by atoms with Gasteiger partial charge in [-0.1, -0.05) is 65.0 Å². The third-order valence-corrected chi connectivity index (χ3v) is 7.27. The molecule has 1 aliphatic rings. The molecule has 0 unspecified atom stereocenters. The van der Waals surface area contributed by atoms with Gasteiger partial charge in [-0.3, -0.25) is 0 Å². The highest BCUT2D eigenvalue weighted by Crippen LogP contribution is 2.41. The van der Waals surface area contributed by atoms with Crippen molar-refractivity contribution in [2.75, 3.05) is 5.75 Å². The van der Waals surface area contributed by atoms with Crippen LogP contribution in [0.3, 0.4) is 0 Å². The first-order valence-electron chi connectivity index (χ1n) is 9.75. The number of hydrogen-bond donors (Lipinski definition) is 0. The summed E-state index contributed by atoms with van der Waals surface area (Å²) in [6.07, 6.45) is 9.11. The van der Waals surface area contributed by atoms with E-state index in [1.165, 1.54) is 32.1 Å². The van der Waals surface area contributed by atoms with Gasteiger partial charge in [-0.2, -0.15) is 0 Å². The summed E-state index contributed by atoms with van der Waals surface area (Å²) in [6.45, 7) is 12.7. The van der Waals surface area contributed by atoms with Gasteiger partial charge in [0.15, 0.2) is 9.84 Å². The first-order valence-corrected chi connectivity index (χ1v) is 11.4. The number of allylic oxidation sites excluding steroid dienone is 1. The van der Waals surface area contributed by atoms with E-state index < -0.39 is 9.84 Å². The van der Waals surface area contributed by atoms with Crippen LogP contribution in [0.2, 0.25) is 0 Å². The zero-order chi connectivity index (χ0) is 18.7. The Hall–Kier alpha value is -1.09. The topological polar surface area (TPSA) is 34.1 Å². The molecule has 0 aliphatic carbocycles. The lowest BCUT2D eigenvalue weighted by molar-refractivity contribution is 0.472. The number of hydrogen-bond acceptors (Lipinski definition) is 2. The van der Waals surface area contributed by atoms with E-state index in [-0.39, 0.29) is 11.2 Å². The van der Waals surface area contributed by atoms with E-state index in [9.17, 15) is 8.42 Å². The highest BCUT2D eigenvalue weighted by atomic mass is 32.2.